The number of hydrogen-bond donors (Lipinski definition) is 1. The molecule has 0 aliphatic heterocycles. The van der Waals surface area contributed by atoms with Gasteiger partial charge in [0.15, 0.2) is 5.82 Å². The molecule has 5 nitrogen and oxygen atoms in total. The van der Waals surface area contributed by atoms with Crippen molar-refractivity contribution < 1.29 is 19.0 Å². The van der Waals surface area contributed by atoms with Gasteiger partial charge in [-0.2, -0.15) is 0 Å². The van der Waals surface area contributed by atoms with E-state index in [4.69, 9.17) is 9.84 Å². The first kappa shape index (κ1) is 12.0. The molecule has 0 saturated carbocycles. The SMILES string of the molecule is O=C(O)c1ccc(OCc2ncccn2)cc1F. The molecule has 1 heterocycles. The molecule has 0 unspecified atom stereocenters. The smallest absolute Gasteiger partial charge is 0.338 e. The van der Waals surface area contributed by atoms with E-state index in [2.05, 4.69) is 9.97 Å². The molecule has 1 aromatic heterocycles. The molecule has 0 radical (unpaired) electrons. The highest BCUT2D eigenvalue weighted by molar-refractivity contribution is 5.88. The fourth-order valence-electron chi connectivity index (χ4n) is 1.31. The predicted octanol–water partition coefficient (Wildman–Crippen LogP) is 1.89. The third kappa shape index (κ3) is 2.79. The molecule has 92 valence electrons. The van der Waals surface area contributed by atoms with Crippen LogP contribution >= 0.6 is 0 Å². The maximum atomic E-state index is 13.3. The number of aromatic carboxylic acids is 1. The Labute approximate surface area is 102 Å². The Morgan fingerprint density at radius 2 is 2.06 bits per heavy atom. The molecule has 18 heavy (non-hydrogen) atoms. The van der Waals surface area contributed by atoms with Gasteiger partial charge >= 0.3 is 5.97 Å². The summed E-state index contributed by atoms with van der Waals surface area (Å²) in [6, 6.07) is 5.23. The molecular formula is C12H9FN2O3. The first-order chi connectivity index (χ1) is 8.66. The fourth-order valence-corrected chi connectivity index (χ4v) is 1.31. The number of ether oxygens (including phenoxy) is 1. The molecule has 0 fully saturated rings. The van der Waals surface area contributed by atoms with E-state index >= 15 is 0 Å². The van der Waals surface area contributed by atoms with Crippen LogP contribution in [0.15, 0.2) is 36.7 Å². The Kier molecular flexibility index (Phi) is 3.47. The Morgan fingerprint density at radius 1 is 1.33 bits per heavy atom. The zero-order valence-electron chi connectivity index (χ0n) is 9.21. The summed E-state index contributed by atoms with van der Waals surface area (Å²) < 4.78 is 18.6. The highest BCUT2D eigenvalue weighted by Crippen LogP contribution is 2.17. The van der Waals surface area contributed by atoms with E-state index in [1.807, 2.05) is 0 Å². The minimum Gasteiger partial charge on any atom is -0.486 e. The second-order valence-corrected chi connectivity index (χ2v) is 3.40. The number of nitrogens with zero attached hydrogens (tertiary/aromatic N) is 2. The van der Waals surface area contributed by atoms with Gasteiger partial charge in [-0.15, -0.1) is 0 Å². The van der Waals surface area contributed by atoms with Gasteiger partial charge in [0.05, 0.1) is 5.56 Å². The van der Waals surface area contributed by atoms with E-state index in [1.165, 1.54) is 6.07 Å². The number of rotatable bonds is 4. The van der Waals surface area contributed by atoms with E-state index < -0.39 is 17.3 Å². The first-order valence-corrected chi connectivity index (χ1v) is 5.08. The van der Waals surface area contributed by atoms with Gasteiger partial charge in [-0.3, -0.25) is 0 Å². The average molecular weight is 248 g/mol. The lowest BCUT2D eigenvalue weighted by molar-refractivity contribution is 0.0692. The molecular weight excluding hydrogens is 239 g/mol. The van der Waals surface area contributed by atoms with E-state index in [1.54, 1.807) is 18.5 Å². The minimum absolute atomic E-state index is 0.0900. The summed E-state index contributed by atoms with van der Waals surface area (Å²) in [6.07, 6.45) is 3.14. The van der Waals surface area contributed by atoms with Crippen LogP contribution in [0.2, 0.25) is 0 Å². The molecule has 1 aromatic carbocycles. The van der Waals surface area contributed by atoms with Gasteiger partial charge in [0, 0.05) is 18.5 Å². The van der Waals surface area contributed by atoms with E-state index in [0.29, 0.717) is 5.82 Å². The lowest BCUT2D eigenvalue weighted by Crippen LogP contribution is -2.03. The molecule has 2 rings (SSSR count). The van der Waals surface area contributed by atoms with Crippen LogP contribution in [-0.4, -0.2) is 21.0 Å². The number of carboxylic acids is 1. The maximum Gasteiger partial charge on any atom is 0.338 e. The molecule has 1 N–H and O–H groups in total. The Morgan fingerprint density at radius 3 is 2.67 bits per heavy atom. The van der Waals surface area contributed by atoms with Crippen molar-refractivity contribution in [2.24, 2.45) is 0 Å². The van der Waals surface area contributed by atoms with E-state index in [0.717, 1.165) is 12.1 Å². The minimum atomic E-state index is -1.31. The van der Waals surface area contributed by atoms with Crippen LogP contribution in [0.5, 0.6) is 5.75 Å². The molecule has 0 spiro atoms. The van der Waals surface area contributed by atoms with Gasteiger partial charge in [0.25, 0.3) is 0 Å². The van der Waals surface area contributed by atoms with Crippen molar-refractivity contribution in [1.29, 1.82) is 0 Å². The van der Waals surface area contributed by atoms with Crippen molar-refractivity contribution in [2.75, 3.05) is 0 Å². The third-order valence-corrected chi connectivity index (χ3v) is 2.16. The van der Waals surface area contributed by atoms with Crippen molar-refractivity contribution in [1.82, 2.24) is 9.97 Å². The van der Waals surface area contributed by atoms with Crippen LogP contribution in [-0.2, 0) is 6.61 Å². The maximum absolute atomic E-state index is 13.3. The summed E-state index contributed by atoms with van der Waals surface area (Å²) in [4.78, 5) is 18.5. The van der Waals surface area contributed by atoms with Gasteiger partial charge in [-0.25, -0.2) is 19.2 Å². The Bertz CT molecular complexity index is 561. The normalized spacial score (nSPS) is 10.1. The van der Waals surface area contributed by atoms with Crippen molar-refractivity contribution >= 4 is 5.97 Å². The highest BCUT2D eigenvalue weighted by Gasteiger charge is 2.10. The summed E-state index contributed by atoms with van der Waals surface area (Å²) in [5.74, 6) is -1.47. The van der Waals surface area contributed by atoms with Gasteiger partial charge in [0.1, 0.15) is 18.2 Å². The lowest BCUT2D eigenvalue weighted by atomic mass is 10.2. The molecule has 0 saturated heterocycles. The lowest BCUT2D eigenvalue weighted by Gasteiger charge is -2.05. The molecule has 0 aliphatic rings. The second-order valence-electron chi connectivity index (χ2n) is 3.40. The summed E-state index contributed by atoms with van der Waals surface area (Å²) >= 11 is 0. The number of carbonyl (C=O) groups is 1. The molecule has 0 bridgehead atoms. The molecule has 0 atom stereocenters. The largest absolute Gasteiger partial charge is 0.486 e. The topological polar surface area (TPSA) is 72.3 Å². The zero-order chi connectivity index (χ0) is 13.0. The predicted molar refractivity (Wildman–Crippen MR) is 59.7 cm³/mol. The monoisotopic (exact) mass is 248 g/mol. The van der Waals surface area contributed by atoms with Gasteiger partial charge in [0.2, 0.25) is 0 Å². The summed E-state index contributed by atoms with van der Waals surface area (Å²) in [5.41, 5.74) is -0.390. The van der Waals surface area contributed by atoms with Crippen LogP contribution in [0.25, 0.3) is 0 Å². The third-order valence-electron chi connectivity index (χ3n) is 2.16. The number of halogens is 1. The molecule has 2 aromatic rings. The van der Waals surface area contributed by atoms with Crippen LogP contribution < -0.4 is 4.74 Å². The Hall–Kier alpha value is -2.50. The van der Waals surface area contributed by atoms with Gasteiger partial charge < -0.3 is 9.84 Å². The zero-order valence-corrected chi connectivity index (χ0v) is 9.21. The first-order valence-electron chi connectivity index (χ1n) is 5.08. The number of hydrogen-bond acceptors (Lipinski definition) is 4. The van der Waals surface area contributed by atoms with E-state index in [9.17, 15) is 9.18 Å². The Balaban J connectivity index is 2.07. The average Bonchev–Trinajstić information content (AvgIpc) is 2.37. The fraction of sp³-hybridized carbons (Fsp3) is 0.0833. The standard InChI is InChI=1S/C12H9FN2O3/c13-10-6-8(2-3-9(10)12(16)17)18-7-11-14-4-1-5-15-11/h1-6H,7H2,(H,16,17). The van der Waals surface area contributed by atoms with Crippen molar-refractivity contribution in [3.63, 3.8) is 0 Å². The van der Waals surface area contributed by atoms with Gasteiger partial charge in [-0.05, 0) is 18.2 Å². The van der Waals surface area contributed by atoms with Crippen molar-refractivity contribution in [2.45, 2.75) is 6.61 Å². The van der Waals surface area contributed by atoms with Crippen LogP contribution in [0.1, 0.15) is 16.2 Å². The molecule has 0 amide bonds. The van der Waals surface area contributed by atoms with Crippen molar-refractivity contribution in [3.05, 3.63) is 53.9 Å². The van der Waals surface area contributed by atoms with Crippen LogP contribution in [0.4, 0.5) is 4.39 Å². The van der Waals surface area contributed by atoms with Crippen LogP contribution in [0, 0.1) is 5.82 Å². The number of aromatic nitrogens is 2. The van der Waals surface area contributed by atoms with Crippen LogP contribution in [0.3, 0.4) is 0 Å². The summed E-state index contributed by atoms with van der Waals surface area (Å²) in [6.45, 7) is 0.0900. The molecule has 6 heteroatoms. The van der Waals surface area contributed by atoms with Crippen molar-refractivity contribution in [3.8, 4) is 5.75 Å². The summed E-state index contributed by atoms with van der Waals surface area (Å²) in [5, 5.41) is 8.66. The number of benzene rings is 1. The highest BCUT2D eigenvalue weighted by atomic mass is 19.1. The molecule has 0 aliphatic carbocycles. The number of carboxylic acid groups (broad SMARTS) is 1. The quantitative estimate of drug-likeness (QED) is 0.894. The second kappa shape index (κ2) is 5.22. The summed E-state index contributed by atoms with van der Waals surface area (Å²) in [7, 11) is 0. The van der Waals surface area contributed by atoms with Gasteiger partial charge in [-0.1, -0.05) is 0 Å². The van der Waals surface area contributed by atoms with E-state index in [-0.39, 0.29) is 12.4 Å².